The summed E-state index contributed by atoms with van der Waals surface area (Å²) in [5.41, 5.74) is 3.47. The zero-order chi connectivity index (χ0) is 20.1. The molecule has 1 saturated carbocycles. The highest BCUT2D eigenvalue weighted by molar-refractivity contribution is 7.07. The van der Waals surface area contributed by atoms with Crippen LogP contribution in [0.25, 0.3) is 11.3 Å². The lowest BCUT2D eigenvalue weighted by Crippen LogP contribution is -2.27. The second-order valence-corrected chi connectivity index (χ2v) is 8.44. The summed E-state index contributed by atoms with van der Waals surface area (Å²) in [6.45, 7) is 2.01. The lowest BCUT2D eigenvalue weighted by atomic mass is 10.0. The lowest BCUT2D eigenvalue weighted by Gasteiger charge is -2.31. The van der Waals surface area contributed by atoms with Crippen LogP contribution >= 0.6 is 22.9 Å². The summed E-state index contributed by atoms with van der Waals surface area (Å²) in [7, 11) is 0. The van der Waals surface area contributed by atoms with E-state index in [4.69, 9.17) is 21.1 Å². The van der Waals surface area contributed by atoms with Gasteiger partial charge in [0.2, 0.25) is 6.23 Å². The Morgan fingerprint density at radius 1 is 1.38 bits per heavy atom. The number of fused-ring (bicyclic) bond motifs is 3. The molecule has 5 rings (SSSR count). The second kappa shape index (κ2) is 7.00. The molecule has 1 aliphatic heterocycles. The van der Waals surface area contributed by atoms with Gasteiger partial charge in [-0.15, -0.1) is 11.3 Å². The minimum absolute atomic E-state index is 0.108. The van der Waals surface area contributed by atoms with Gasteiger partial charge >= 0.3 is 0 Å². The average Bonchev–Trinajstić information content (AvgIpc) is 3.36. The lowest BCUT2D eigenvalue weighted by molar-refractivity contribution is 0.101. The average molecular weight is 429 g/mol. The monoisotopic (exact) mass is 428 g/mol. The number of ether oxygens (including phenoxy) is 2. The van der Waals surface area contributed by atoms with Crippen molar-refractivity contribution >= 4 is 28.7 Å². The van der Waals surface area contributed by atoms with Crippen molar-refractivity contribution in [3.8, 4) is 22.8 Å². The highest BCUT2D eigenvalue weighted by atomic mass is 35.5. The van der Waals surface area contributed by atoms with Crippen molar-refractivity contribution in [1.29, 1.82) is 0 Å². The molecule has 0 N–H and O–H groups in total. The number of pyridine rings is 1. The zero-order valence-electron chi connectivity index (χ0n) is 15.6. The molecule has 2 aliphatic rings. The van der Waals surface area contributed by atoms with E-state index in [0.717, 1.165) is 0 Å². The van der Waals surface area contributed by atoms with Gasteiger partial charge in [0.15, 0.2) is 11.2 Å². The first-order valence-electron chi connectivity index (χ1n) is 9.30. The van der Waals surface area contributed by atoms with Crippen molar-refractivity contribution < 1.29 is 14.3 Å². The normalized spacial score (nSPS) is 17.2. The van der Waals surface area contributed by atoms with Crippen LogP contribution in [0, 0.1) is 5.92 Å². The number of ketones is 1. The molecule has 148 valence electrons. The van der Waals surface area contributed by atoms with Crippen LogP contribution in [0.15, 0.2) is 40.1 Å². The maximum atomic E-state index is 12.5. The topological polar surface area (TPSA) is 70.4 Å². The summed E-state index contributed by atoms with van der Waals surface area (Å²) in [5.74, 6) is 1.42. The Balaban J connectivity index is 1.66. The van der Waals surface area contributed by atoms with Crippen molar-refractivity contribution in [3.63, 3.8) is 0 Å². The minimum atomic E-state index is -0.597. The maximum Gasteiger partial charge on any atom is 0.220 e. The standard InChI is InChI=1S/C21H17ClN2O4S/c1-11(25)14-7-24-17(5-18(14)26)13-4-15(22)20(27-8-12-2-3-12)6-19(13)28-21(24)16-9-29-10-23-16/h4-7,9-10,12,21H,2-3,8H2,1H3/t21-/m0/s1. The number of halogens is 1. The number of carbonyl (C=O) groups excluding carboxylic acids is 1. The molecule has 0 spiro atoms. The number of benzene rings is 1. The second-order valence-electron chi connectivity index (χ2n) is 7.32. The number of aromatic nitrogens is 2. The van der Waals surface area contributed by atoms with Gasteiger partial charge in [-0.2, -0.15) is 0 Å². The third kappa shape index (κ3) is 3.34. The van der Waals surface area contributed by atoms with E-state index in [-0.39, 0.29) is 16.8 Å². The Kier molecular flexibility index (Phi) is 4.44. The molecule has 1 fully saturated rings. The first-order valence-corrected chi connectivity index (χ1v) is 10.6. The summed E-state index contributed by atoms with van der Waals surface area (Å²) in [6, 6.07) is 4.97. The molecule has 1 aliphatic carbocycles. The molecule has 29 heavy (non-hydrogen) atoms. The number of Topliss-reactive ketones (excluding diaryl/α,β-unsaturated/α-hetero) is 1. The van der Waals surface area contributed by atoms with Crippen LogP contribution in [0.1, 0.15) is 42.0 Å². The molecule has 2 aromatic heterocycles. The van der Waals surface area contributed by atoms with Crippen molar-refractivity contribution in [3.05, 3.63) is 61.8 Å². The number of rotatable bonds is 5. The molecule has 0 bridgehead atoms. The molecule has 0 saturated heterocycles. The minimum Gasteiger partial charge on any atom is -0.492 e. The van der Waals surface area contributed by atoms with Crippen molar-refractivity contribution in [2.75, 3.05) is 6.61 Å². The number of hydrogen-bond acceptors (Lipinski definition) is 6. The van der Waals surface area contributed by atoms with Gasteiger partial charge in [0.25, 0.3) is 0 Å². The van der Waals surface area contributed by atoms with Crippen molar-refractivity contribution in [2.24, 2.45) is 5.92 Å². The van der Waals surface area contributed by atoms with E-state index in [1.165, 1.54) is 37.2 Å². The number of carbonyl (C=O) groups is 1. The first-order chi connectivity index (χ1) is 14.0. The molecule has 6 nitrogen and oxygen atoms in total. The smallest absolute Gasteiger partial charge is 0.220 e. The van der Waals surface area contributed by atoms with Crippen LogP contribution in [0.2, 0.25) is 5.02 Å². The molecule has 1 atom stereocenters. The van der Waals surface area contributed by atoms with Crippen molar-refractivity contribution in [2.45, 2.75) is 26.0 Å². The quantitative estimate of drug-likeness (QED) is 0.557. The van der Waals surface area contributed by atoms with E-state index in [0.29, 0.717) is 46.0 Å². The van der Waals surface area contributed by atoms with Gasteiger partial charge in [0, 0.05) is 29.3 Å². The van der Waals surface area contributed by atoms with Crippen LogP contribution in [-0.2, 0) is 0 Å². The third-order valence-electron chi connectivity index (χ3n) is 5.14. The third-order valence-corrected chi connectivity index (χ3v) is 6.04. The van der Waals surface area contributed by atoms with Crippen LogP contribution in [0.3, 0.4) is 0 Å². The van der Waals surface area contributed by atoms with E-state index < -0.39 is 6.23 Å². The van der Waals surface area contributed by atoms with E-state index in [9.17, 15) is 9.59 Å². The zero-order valence-corrected chi connectivity index (χ0v) is 17.1. The van der Waals surface area contributed by atoms with Gasteiger partial charge < -0.3 is 14.0 Å². The molecule has 8 heteroatoms. The highest BCUT2D eigenvalue weighted by Crippen LogP contribution is 2.45. The SMILES string of the molecule is CC(=O)c1cn2c(cc1=O)-c1cc(Cl)c(OCC3CC3)cc1O[C@H]2c1cscn1. The molecule has 0 amide bonds. The van der Waals surface area contributed by atoms with Gasteiger partial charge in [-0.3, -0.25) is 9.59 Å². The molecule has 0 radical (unpaired) electrons. The first kappa shape index (κ1) is 18.4. The molecule has 1 aromatic carbocycles. The summed E-state index contributed by atoms with van der Waals surface area (Å²) < 4.78 is 13.9. The van der Waals surface area contributed by atoms with Gasteiger partial charge in [0.05, 0.1) is 28.4 Å². The Morgan fingerprint density at radius 3 is 2.90 bits per heavy atom. The van der Waals surface area contributed by atoms with E-state index in [2.05, 4.69) is 4.98 Å². The van der Waals surface area contributed by atoms with Gasteiger partial charge in [-0.1, -0.05) is 11.6 Å². The molecule has 3 heterocycles. The van der Waals surface area contributed by atoms with Crippen molar-refractivity contribution in [1.82, 2.24) is 9.55 Å². The molecule has 0 unspecified atom stereocenters. The fourth-order valence-corrected chi connectivity index (χ4v) is 4.16. The highest BCUT2D eigenvalue weighted by Gasteiger charge is 2.30. The Hall–Kier alpha value is -2.64. The number of hydrogen-bond donors (Lipinski definition) is 0. The molecule has 3 aromatic rings. The van der Waals surface area contributed by atoms with Crippen LogP contribution in [-0.4, -0.2) is 21.9 Å². The van der Waals surface area contributed by atoms with Gasteiger partial charge in [-0.25, -0.2) is 4.98 Å². The number of thiazole rings is 1. The van der Waals surface area contributed by atoms with Crippen LogP contribution in [0.5, 0.6) is 11.5 Å². The van der Waals surface area contributed by atoms with E-state index >= 15 is 0 Å². The summed E-state index contributed by atoms with van der Waals surface area (Å²) in [5, 5.41) is 2.33. The fourth-order valence-electron chi connectivity index (χ4n) is 3.38. The fraction of sp³-hybridized carbons (Fsp3) is 0.286. The summed E-state index contributed by atoms with van der Waals surface area (Å²) in [4.78, 5) is 28.8. The predicted molar refractivity (Wildman–Crippen MR) is 110 cm³/mol. The van der Waals surface area contributed by atoms with E-state index in [1.807, 2.05) is 5.38 Å². The molecular formula is C21H17ClN2O4S. The Bertz CT molecular complexity index is 1170. The largest absolute Gasteiger partial charge is 0.492 e. The predicted octanol–water partition coefficient (Wildman–Crippen LogP) is 4.56. The van der Waals surface area contributed by atoms with Crippen LogP contribution in [0.4, 0.5) is 0 Å². The van der Waals surface area contributed by atoms with Gasteiger partial charge in [0.1, 0.15) is 17.2 Å². The Morgan fingerprint density at radius 2 is 2.21 bits per heavy atom. The van der Waals surface area contributed by atoms with Crippen LogP contribution < -0.4 is 14.9 Å². The summed E-state index contributed by atoms with van der Waals surface area (Å²) >= 11 is 7.90. The number of nitrogens with zero attached hydrogens (tertiary/aromatic N) is 2. The van der Waals surface area contributed by atoms with E-state index in [1.54, 1.807) is 28.4 Å². The molecular weight excluding hydrogens is 412 g/mol. The Labute approximate surface area is 175 Å². The summed E-state index contributed by atoms with van der Waals surface area (Å²) in [6.07, 6.45) is 3.30. The van der Waals surface area contributed by atoms with Gasteiger partial charge in [-0.05, 0) is 31.7 Å². The maximum absolute atomic E-state index is 12.5.